The molecule has 0 aromatic carbocycles. The van der Waals surface area contributed by atoms with Crippen LogP contribution in [0.1, 0.15) is 46.5 Å². The number of esters is 1. The second kappa shape index (κ2) is 8.73. The Morgan fingerprint density at radius 3 is 2.56 bits per heavy atom. The third-order valence-corrected chi connectivity index (χ3v) is 4.19. The first kappa shape index (κ1) is 20.8. The molecule has 0 radical (unpaired) electrons. The predicted molar refractivity (Wildman–Crippen MR) is 90.9 cm³/mol. The van der Waals surface area contributed by atoms with Crippen LogP contribution in [0.15, 0.2) is 12.8 Å². The molecule has 0 bridgehead atoms. The minimum atomic E-state index is -1.06. The number of amides is 2. The second-order valence-electron chi connectivity index (χ2n) is 7.60. The van der Waals surface area contributed by atoms with Gasteiger partial charge < -0.3 is 25.2 Å². The van der Waals surface area contributed by atoms with Gasteiger partial charge in [-0.1, -0.05) is 27.4 Å². The van der Waals surface area contributed by atoms with Crippen LogP contribution in [0.4, 0.5) is 9.59 Å². The topological polar surface area (TPSA) is 114 Å². The van der Waals surface area contributed by atoms with E-state index in [-0.39, 0.29) is 29.9 Å². The highest BCUT2D eigenvalue weighted by atomic mass is 16.6. The fourth-order valence-corrected chi connectivity index (χ4v) is 3.75. The van der Waals surface area contributed by atoms with E-state index in [2.05, 4.69) is 35.8 Å². The third-order valence-electron chi connectivity index (χ3n) is 4.19. The zero-order valence-electron chi connectivity index (χ0n) is 15.1. The first-order valence-corrected chi connectivity index (χ1v) is 8.26. The largest absolute Gasteiger partial charge is 0.465 e. The maximum Gasteiger partial charge on any atom is 0.407 e. The van der Waals surface area contributed by atoms with E-state index >= 15 is 0 Å². The van der Waals surface area contributed by atoms with Gasteiger partial charge in [0.25, 0.3) is 0 Å². The van der Waals surface area contributed by atoms with Crippen molar-refractivity contribution < 1.29 is 29.0 Å². The molecule has 2 unspecified atom stereocenters. The van der Waals surface area contributed by atoms with Crippen LogP contribution >= 0.6 is 0 Å². The zero-order chi connectivity index (χ0) is 19.1. The molecule has 1 fully saturated rings. The van der Waals surface area contributed by atoms with Crippen molar-refractivity contribution in [2.45, 2.75) is 52.5 Å². The molecule has 0 aromatic heterocycles. The van der Waals surface area contributed by atoms with E-state index in [0.717, 1.165) is 19.1 Å². The van der Waals surface area contributed by atoms with Gasteiger partial charge in [-0.3, -0.25) is 4.79 Å². The summed E-state index contributed by atoms with van der Waals surface area (Å²) in [6.07, 6.45) is 1.59. The zero-order valence-corrected chi connectivity index (χ0v) is 15.1. The Balaban J connectivity index is 2.52. The summed E-state index contributed by atoms with van der Waals surface area (Å²) in [7, 11) is 0. The number of carbonyl (C=O) groups excluding carboxylic acids is 2. The quantitative estimate of drug-likeness (QED) is 0.477. The van der Waals surface area contributed by atoms with Gasteiger partial charge in [0.2, 0.25) is 0 Å². The van der Waals surface area contributed by atoms with E-state index in [9.17, 15) is 14.4 Å². The lowest BCUT2D eigenvalue weighted by atomic mass is 9.62. The van der Waals surface area contributed by atoms with Gasteiger partial charge in [0.05, 0.1) is 12.7 Å². The summed E-state index contributed by atoms with van der Waals surface area (Å²) >= 11 is 0. The lowest BCUT2D eigenvalue weighted by molar-refractivity contribution is -0.138. The molecule has 0 spiro atoms. The van der Waals surface area contributed by atoms with Crippen LogP contribution in [-0.4, -0.2) is 42.5 Å². The van der Waals surface area contributed by atoms with Gasteiger partial charge in [-0.05, 0) is 30.1 Å². The Labute approximate surface area is 147 Å². The van der Waals surface area contributed by atoms with Crippen molar-refractivity contribution >= 4 is 18.2 Å². The van der Waals surface area contributed by atoms with Crippen LogP contribution in [0.5, 0.6) is 0 Å². The number of carboxylic acid groups (broad SMARTS) is 1. The fourth-order valence-electron chi connectivity index (χ4n) is 3.75. The van der Waals surface area contributed by atoms with E-state index in [1.165, 1.54) is 0 Å². The first-order valence-electron chi connectivity index (χ1n) is 8.26. The number of alkyl carbamates (subject to hydrolysis) is 1. The second-order valence-corrected chi connectivity index (χ2v) is 7.60. The molecule has 2 atom stereocenters. The lowest BCUT2D eigenvalue weighted by Crippen LogP contribution is -2.50. The summed E-state index contributed by atoms with van der Waals surface area (Å²) in [4.78, 5) is 33.9. The SMILES string of the molecule is C=COC(=O)CCOC(=O)NC1CC(C)(C)CC(C)(CNC(=O)O)C1. The van der Waals surface area contributed by atoms with E-state index < -0.39 is 18.2 Å². The molecule has 8 nitrogen and oxygen atoms in total. The highest BCUT2D eigenvalue weighted by Gasteiger charge is 2.42. The minimum Gasteiger partial charge on any atom is -0.465 e. The lowest BCUT2D eigenvalue weighted by Gasteiger charge is -2.46. The molecule has 8 heteroatoms. The normalized spacial score (nSPS) is 24.7. The maximum atomic E-state index is 11.9. The molecule has 0 aliphatic heterocycles. The molecule has 1 aliphatic carbocycles. The average Bonchev–Trinajstić information content (AvgIpc) is 2.43. The summed E-state index contributed by atoms with van der Waals surface area (Å²) in [5, 5.41) is 14.1. The molecule has 142 valence electrons. The molecular formula is C17H28N2O6. The standard InChI is InChI=1S/C17H28N2O6/c1-5-24-13(20)6-7-25-15(23)19-12-8-16(2,3)10-17(4,9-12)11-18-14(21)22/h5,12,18H,1,6-11H2,2-4H3,(H,19,23)(H,21,22). The molecule has 1 rings (SSSR count). The van der Waals surface area contributed by atoms with Crippen LogP contribution < -0.4 is 10.6 Å². The van der Waals surface area contributed by atoms with Gasteiger partial charge >= 0.3 is 18.2 Å². The number of hydrogen-bond acceptors (Lipinski definition) is 5. The number of carbonyl (C=O) groups is 3. The minimum absolute atomic E-state index is 0.0428. The van der Waals surface area contributed by atoms with Crippen molar-refractivity contribution in [2.24, 2.45) is 10.8 Å². The first-order chi connectivity index (χ1) is 11.6. The average molecular weight is 356 g/mol. The number of hydrogen-bond donors (Lipinski definition) is 3. The predicted octanol–water partition coefficient (Wildman–Crippen LogP) is 2.64. The Hall–Kier alpha value is -2.25. The smallest absolute Gasteiger partial charge is 0.407 e. The van der Waals surface area contributed by atoms with Gasteiger partial charge in [-0.25, -0.2) is 9.59 Å². The molecule has 1 aliphatic rings. The number of ether oxygens (including phenoxy) is 2. The Morgan fingerprint density at radius 2 is 1.96 bits per heavy atom. The molecule has 3 N–H and O–H groups in total. The fraction of sp³-hybridized carbons (Fsp3) is 0.706. The molecule has 25 heavy (non-hydrogen) atoms. The van der Waals surface area contributed by atoms with Crippen molar-refractivity contribution in [3.63, 3.8) is 0 Å². The summed E-state index contributed by atoms with van der Waals surface area (Å²) in [5.74, 6) is -0.520. The maximum absolute atomic E-state index is 11.9. The van der Waals surface area contributed by atoms with E-state index in [1.54, 1.807) is 0 Å². The van der Waals surface area contributed by atoms with Gasteiger partial charge in [0.1, 0.15) is 6.61 Å². The van der Waals surface area contributed by atoms with Crippen molar-refractivity contribution in [1.29, 1.82) is 0 Å². The summed E-state index contributed by atoms with van der Waals surface area (Å²) in [6.45, 7) is 9.71. The molecule has 2 amide bonds. The third kappa shape index (κ3) is 7.91. The van der Waals surface area contributed by atoms with Gasteiger partial charge in [-0.15, -0.1) is 0 Å². The van der Waals surface area contributed by atoms with Gasteiger partial charge in [0, 0.05) is 12.6 Å². The van der Waals surface area contributed by atoms with Crippen LogP contribution in [-0.2, 0) is 14.3 Å². The highest BCUT2D eigenvalue weighted by molar-refractivity contribution is 5.71. The molecule has 0 saturated heterocycles. The van der Waals surface area contributed by atoms with Crippen molar-refractivity contribution in [3.8, 4) is 0 Å². The number of rotatable bonds is 7. The van der Waals surface area contributed by atoms with Gasteiger partial charge in [-0.2, -0.15) is 0 Å². The number of nitrogens with one attached hydrogen (secondary N) is 2. The van der Waals surface area contributed by atoms with Crippen LogP contribution in [0.2, 0.25) is 0 Å². The monoisotopic (exact) mass is 356 g/mol. The molecular weight excluding hydrogens is 328 g/mol. The van der Waals surface area contributed by atoms with E-state index in [0.29, 0.717) is 13.0 Å². The van der Waals surface area contributed by atoms with Crippen LogP contribution in [0, 0.1) is 10.8 Å². The van der Waals surface area contributed by atoms with Crippen LogP contribution in [0.25, 0.3) is 0 Å². The summed E-state index contributed by atoms with van der Waals surface area (Å²) in [6, 6.07) is -0.128. The summed E-state index contributed by atoms with van der Waals surface area (Å²) < 4.78 is 9.53. The van der Waals surface area contributed by atoms with Crippen molar-refractivity contribution in [2.75, 3.05) is 13.2 Å². The molecule has 1 saturated carbocycles. The van der Waals surface area contributed by atoms with E-state index in [4.69, 9.17) is 9.84 Å². The van der Waals surface area contributed by atoms with E-state index in [1.807, 2.05) is 6.92 Å². The molecule has 0 heterocycles. The highest BCUT2D eigenvalue weighted by Crippen LogP contribution is 2.45. The summed E-state index contributed by atoms with van der Waals surface area (Å²) in [5.41, 5.74) is -0.301. The van der Waals surface area contributed by atoms with Crippen molar-refractivity contribution in [1.82, 2.24) is 10.6 Å². The van der Waals surface area contributed by atoms with Crippen LogP contribution in [0.3, 0.4) is 0 Å². The Morgan fingerprint density at radius 1 is 1.28 bits per heavy atom. The Kier molecular flexibility index (Phi) is 7.26. The van der Waals surface area contributed by atoms with Crippen molar-refractivity contribution in [3.05, 3.63) is 12.8 Å². The van der Waals surface area contributed by atoms with Gasteiger partial charge in [0.15, 0.2) is 0 Å². The Bertz CT molecular complexity index is 519. The molecule has 0 aromatic rings.